The molecule has 0 saturated heterocycles. The van der Waals surface area contributed by atoms with Crippen LogP contribution in [0.4, 0.5) is 10.1 Å². The Morgan fingerprint density at radius 3 is 2.73 bits per heavy atom. The third-order valence-electron chi connectivity index (χ3n) is 4.40. The monoisotopic (exact) mass is 353 g/mol. The highest BCUT2D eigenvalue weighted by Gasteiger charge is 2.23. The minimum absolute atomic E-state index is 0.0196. The second kappa shape index (κ2) is 7.49. The van der Waals surface area contributed by atoms with Crippen molar-refractivity contribution in [2.24, 2.45) is 0 Å². The molecule has 0 spiro atoms. The molecule has 0 unspecified atom stereocenters. The summed E-state index contributed by atoms with van der Waals surface area (Å²) in [5.41, 5.74) is 1.89. The number of carbonyl (C=O) groups excluding carboxylic acids is 2. The van der Waals surface area contributed by atoms with Gasteiger partial charge in [-0.05, 0) is 38.2 Å². The summed E-state index contributed by atoms with van der Waals surface area (Å²) < 4.78 is 13.2. The van der Waals surface area contributed by atoms with E-state index in [0.717, 1.165) is 10.9 Å². The zero-order valence-corrected chi connectivity index (χ0v) is 14.6. The van der Waals surface area contributed by atoms with Crippen molar-refractivity contribution < 1.29 is 14.0 Å². The number of ketones is 1. The Morgan fingerprint density at radius 1 is 1.19 bits per heavy atom. The van der Waals surface area contributed by atoms with Gasteiger partial charge in [0.1, 0.15) is 5.82 Å². The maximum absolute atomic E-state index is 13.2. The number of anilines is 1. The number of rotatable bonds is 6. The van der Waals surface area contributed by atoms with Crippen LogP contribution in [0.5, 0.6) is 0 Å². The molecule has 1 heterocycles. The van der Waals surface area contributed by atoms with Crippen LogP contribution in [0.15, 0.2) is 54.7 Å². The smallest absolute Gasteiger partial charge is 0.238 e. The average molecular weight is 353 g/mol. The molecule has 2 N–H and O–H groups in total. The standard InChI is InChI=1S/C20H20FN3O2/c1-13(20(26)17-11-22-18-9-4-3-8-16(17)18)24(2)12-19(25)23-15-7-5-6-14(21)10-15/h3-11,13,22H,12H2,1-2H3,(H,23,25)/t13-/m0/s1. The SMILES string of the molecule is C[C@@H](C(=O)c1c[nH]c2ccccc12)N(C)CC(=O)Nc1cccc(F)c1. The number of carbonyl (C=O) groups is 2. The number of H-pyrrole nitrogens is 1. The Hall–Kier alpha value is -2.99. The van der Waals surface area contributed by atoms with E-state index in [2.05, 4.69) is 10.3 Å². The third-order valence-corrected chi connectivity index (χ3v) is 4.40. The number of halogens is 1. The molecule has 134 valence electrons. The highest BCUT2D eigenvalue weighted by atomic mass is 19.1. The molecule has 1 aromatic heterocycles. The Bertz CT molecular complexity index is 951. The van der Waals surface area contributed by atoms with Crippen LogP contribution in [0.1, 0.15) is 17.3 Å². The van der Waals surface area contributed by atoms with Gasteiger partial charge in [-0.25, -0.2) is 4.39 Å². The predicted octanol–water partition coefficient (Wildman–Crippen LogP) is 3.45. The van der Waals surface area contributed by atoms with Crippen LogP contribution in [0.3, 0.4) is 0 Å². The molecular weight excluding hydrogens is 333 g/mol. The highest BCUT2D eigenvalue weighted by Crippen LogP contribution is 2.20. The first-order chi connectivity index (χ1) is 12.5. The summed E-state index contributed by atoms with van der Waals surface area (Å²) in [6, 6.07) is 12.8. The largest absolute Gasteiger partial charge is 0.360 e. The van der Waals surface area contributed by atoms with Gasteiger partial charge in [0, 0.05) is 28.4 Å². The van der Waals surface area contributed by atoms with Crippen molar-refractivity contribution in [1.82, 2.24) is 9.88 Å². The minimum Gasteiger partial charge on any atom is -0.360 e. The second-order valence-electron chi connectivity index (χ2n) is 6.26. The van der Waals surface area contributed by atoms with E-state index in [1.807, 2.05) is 24.3 Å². The van der Waals surface area contributed by atoms with Crippen molar-refractivity contribution in [3.8, 4) is 0 Å². The van der Waals surface area contributed by atoms with Gasteiger partial charge >= 0.3 is 0 Å². The van der Waals surface area contributed by atoms with Crippen LogP contribution in [0.25, 0.3) is 10.9 Å². The molecule has 1 amide bonds. The lowest BCUT2D eigenvalue weighted by molar-refractivity contribution is -0.117. The van der Waals surface area contributed by atoms with E-state index in [-0.39, 0.29) is 18.2 Å². The fourth-order valence-electron chi connectivity index (χ4n) is 2.83. The summed E-state index contributed by atoms with van der Waals surface area (Å²) >= 11 is 0. The number of benzene rings is 2. The van der Waals surface area contributed by atoms with E-state index in [0.29, 0.717) is 11.3 Å². The van der Waals surface area contributed by atoms with Crippen molar-refractivity contribution in [2.75, 3.05) is 18.9 Å². The number of para-hydroxylation sites is 1. The number of hydrogen-bond acceptors (Lipinski definition) is 3. The number of nitrogens with one attached hydrogen (secondary N) is 2. The predicted molar refractivity (Wildman–Crippen MR) is 99.8 cm³/mol. The zero-order chi connectivity index (χ0) is 18.7. The molecule has 0 aliphatic carbocycles. The average Bonchev–Trinajstić information content (AvgIpc) is 3.04. The van der Waals surface area contributed by atoms with Crippen LogP contribution in [0.2, 0.25) is 0 Å². The van der Waals surface area contributed by atoms with Crippen molar-refractivity contribution in [1.29, 1.82) is 0 Å². The number of nitrogens with zero attached hydrogens (tertiary/aromatic N) is 1. The van der Waals surface area contributed by atoms with E-state index >= 15 is 0 Å². The van der Waals surface area contributed by atoms with Gasteiger partial charge < -0.3 is 10.3 Å². The summed E-state index contributed by atoms with van der Waals surface area (Å²) in [5, 5.41) is 3.50. The Kier molecular flexibility index (Phi) is 5.14. The van der Waals surface area contributed by atoms with Crippen molar-refractivity contribution in [3.05, 3.63) is 66.1 Å². The molecule has 5 nitrogen and oxygen atoms in total. The van der Waals surface area contributed by atoms with E-state index in [1.165, 1.54) is 18.2 Å². The Balaban J connectivity index is 1.66. The molecule has 0 fully saturated rings. The summed E-state index contributed by atoms with van der Waals surface area (Å²) in [7, 11) is 1.71. The van der Waals surface area contributed by atoms with Crippen LogP contribution in [-0.4, -0.2) is 41.2 Å². The number of fused-ring (bicyclic) bond motifs is 1. The maximum Gasteiger partial charge on any atom is 0.238 e. The third kappa shape index (κ3) is 3.81. The van der Waals surface area contributed by atoms with Crippen molar-refractivity contribution in [3.63, 3.8) is 0 Å². The Morgan fingerprint density at radius 2 is 1.96 bits per heavy atom. The topological polar surface area (TPSA) is 65.2 Å². The highest BCUT2D eigenvalue weighted by molar-refractivity contribution is 6.10. The van der Waals surface area contributed by atoms with Crippen molar-refractivity contribution >= 4 is 28.3 Å². The summed E-state index contributed by atoms with van der Waals surface area (Å²) in [6.07, 6.45) is 1.70. The molecular formula is C20H20FN3O2. The second-order valence-corrected chi connectivity index (χ2v) is 6.26. The lowest BCUT2D eigenvalue weighted by atomic mass is 10.0. The first-order valence-corrected chi connectivity index (χ1v) is 8.31. The normalized spacial score (nSPS) is 12.3. The quantitative estimate of drug-likeness (QED) is 0.667. The van der Waals surface area contributed by atoms with E-state index in [9.17, 15) is 14.0 Å². The first kappa shape index (κ1) is 17.8. The molecule has 3 rings (SSSR count). The minimum atomic E-state index is -0.479. The van der Waals surface area contributed by atoms with Crippen molar-refractivity contribution in [2.45, 2.75) is 13.0 Å². The molecule has 2 aromatic carbocycles. The number of aromatic nitrogens is 1. The van der Waals surface area contributed by atoms with Gasteiger partial charge in [0.25, 0.3) is 0 Å². The lowest BCUT2D eigenvalue weighted by Gasteiger charge is -2.22. The fourth-order valence-corrected chi connectivity index (χ4v) is 2.83. The van der Waals surface area contributed by atoms with Gasteiger partial charge in [-0.15, -0.1) is 0 Å². The number of likely N-dealkylation sites (N-methyl/N-ethyl adjacent to an activating group) is 1. The fraction of sp³-hybridized carbons (Fsp3) is 0.200. The molecule has 0 bridgehead atoms. The Labute approximate surface area is 150 Å². The number of Topliss-reactive ketones (excluding diaryl/α,β-unsaturated/α-hetero) is 1. The molecule has 0 radical (unpaired) electrons. The molecule has 6 heteroatoms. The van der Waals surface area contributed by atoms with Gasteiger partial charge in [-0.3, -0.25) is 14.5 Å². The summed E-state index contributed by atoms with van der Waals surface area (Å²) in [6.45, 7) is 1.78. The van der Waals surface area contributed by atoms with Crippen LogP contribution in [-0.2, 0) is 4.79 Å². The molecule has 0 aliphatic rings. The van der Waals surface area contributed by atoms with Gasteiger partial charge in [0.2, 0.25) is 5.91 Å². The molecule has 1 atom stereocenters. The van der Waals surface area contributed by atoms with Crippen LogP contribution >= 0.6 is 0 Å². The lowest BCUT2D eigenvalue weighted by Crippen LogP contribution is -2.40. The van der Waals surface area contributed by atoms with E-state index in [4.69, 9.17) is 0 Å². The number of hydrogen-bond donors (Lipinski definition) is 2. The number of aromatic amines is 1. The van der Waals surface area contributed by atoms with Crippen LogP contribution in [0, 0.1) is 5.82 Å². The van der Waals surface area contributed by atoms with E-state index in [1.54, 1.807) is 31.1 Å². The number of amides is 1. The zero-order valence-electron chi connectivity index (χ0n) is 14.6. The van der Waals surface area contributed by atoms with Gasteiger partial charge in [0.15, 0.2) is 5.78 Å². The molecule has 3 aromatic rings. The molecule has 0 aliphatic heterocycles. The van der Waals surface area contributed by atoms with Gasteiger partial charge in [-0.2, -0.15) is 0 Å². The molecule has 26 heavy (non-hydrogen) atoms. The van der Waals surface area contributed by atoms with E-state index < -0.39 is 11.9 Å². The molecule has 0 saturated carbocycles. The van der Waals surface area contributed by atoms with Gasteiger partial charge in [0.05, 0.1) is 12.6 Å². The van der Waals surface area contributed by atoms with Gasteiger partial charge in [-0.1, -0.05) is 24.3 Å². The summed E-state index contributed by atoms with van der Waals surface area (Å²) in [5.74, 6) is -0.792. The first-order valence-electron chi connectivity index (χ1n) is 8.31. The summed E-state index contributed by atoms with van der Waals surface area (Å²) in [4.78, 5) is 29.7. The van der Waals surface area contributed by atoms with Crippen LogP contribution < -0.4 is 5.32 Å². The maximum atomic E-state index is 13.2.